The van der Waals surface area contributed by atoms with E-state index >= 15 is 0 Å². The molecule has 1 saturated heterocycles. The number of hydrogen-bond donors (Lipinski definition) is 1. The predicted octanol–water partition coefficient (Wildman–Crippen LogP) is 5.55. The quantitative estimate of drug-likeness (QED) is 0.383. The van der Waals surface area contributed by atoms with Crippen LogP contribution in [0, 0.1) is 6.92 Å². The fourth-order valence-electron chi connectivity index (χ4n) is 3.31. The molecule has 166 valence electrons. The van der Waals surface area contributed by atoms with Crippen molar-refractivity contribution >= 4 is 52.8 Å². The fraction of sp³-hybridized carbons (Fsp3) is 0.0800. The first-order valence-corrected chi connectivity index (χ1v) is 10.7. The maximum absolute atomic E-state index is 13.1. The Hall–Kier alpha value is -3.61. The summed E-state index contributed by atoms with van der Waals surface area (Å²) in [5, 5.41) is 3.22. The molecule has 3 aromatic rings. The van der Waals surface area contributed by atoms with E-state index in [-0.39, 0.29) is 5.57 Å². The van der Waals surface area contributed by atoms with Crippen LogP contribution in [0.1, 0.15) is 16.7 Å². The van der Waals surface area contributed by atoms with Gasteiger partial charge in [0.2, 0.25) is 0 Å². The lowest BCUT2D eigenvalue weighted by atomic mass is 10.1. The van der Waals surface area contributed by atoms with Crippen LogP contribution in [-0.2, 0) is 16.2 Å². The third-order valence-electron chi connectivity index (χ3n) is 5.00. The Morgan fingerprint density at radius 3 is 2.42 bits per heavy atom. The summed E-state index contributed by atoms with van der Waals surface area (Å²) in [7, 11) is 0. The number of nitrogens with one attached hydrogen (secondary N) is 1. The molecule has 1 heterocycles. The molecule has 33 heavy (non-hydrogen) atoms. The van der Waals surface area contributed by atoms with Crippen molar-refractivity contribution in [2.24, 2.45) is 0 Å². The Morgan fingerprint density at radius 2 is 1.67 bits per heavy atom. The van der Waals surface area contributed by atoms with Gasteiger partial charge in [-0.05, 0) is 66.1 Å². The maximum Gasteiger partial charge on any atom is 0.335 e. The number of carbonyl (C=O) groups is 3. The highest BCUT2D eigenvalue weighted by Crippen LogP contribution is 2.28. The van der Waals surface area contributed by atoms with Crippen molar-refractivity contribution in [3.63, 3.8) is 0 Å². The molecule has 1 aliphatic heterocycles. The van der Waals surface area contributed by atoms with Gasteiger partial charge in [-0.3, -0.25) is 14.9 Å². The van der Waals surface area contributed by atoms with E-state index in [1.807, 2.05) is 12.1 Å². The molecule has 4 rings (SSSR count). The van der Waals surface area contributed by atoms with E-state index in [2.05, 4.69) is 5.32 Å². The minimum Gasteiger partial charge on any atom is -0.489 e. The van der Waals surface area contributed by atoms with E-state index in [1.54, 1.807) is 55.5 Å². The van der Waals surface area contributed by atoms with Crippen LogP contribution in [0.15, 0.2) is 72.3 Å². The molecule has 0 bridgehead atoms. The third kappa shape index (κ3) is 5.08. The number of imide groups is 2. The molecule has 1 fully saturated rings. The summed E-state index contributed by atoms with van der Waals surface area (Å²) in [6, 6.07) is 18.3. The van der Waals surface area contributed by atoms with Crippen LogP contribution in [0.4, 0.5) is 10.5 Å². The van der Waals surface area contributed by atoms with E-state index in [0.29, 0.717) is 39.2 Å². The summed E-state index contributed by atoms with van der Waals surface area (Å²) >= 11 is 12.0. The first kappa shape index (κ1) is 22.6. The Morgan fingerprint density at radius 1 is 0.939 bits per heavy atom. The molecular formula is C25H18Cl2N2O4. The van der Waals surface area contributed by atoms with Crippen LogP contribution < -0.4 is 15.0 Å². The van der Waals surface area contributed by atoms with Gasteiger partial charge in [-0.1, -0.05) is 53.5 Å². The fourth-order valence-corrected chi connectivity index (χ4v) is 3.60. The number of ether oxygens (including phenoxy) is 1. The number of carbonyl (C=O) groups excluding carboxylic acids is 3. The standard InChI is InChI=1S/C25H18Cl2N2O4/c1-15-5-8-19(27)13-22(15)29-24(31)21(23(30)28-25(29)32)12-17-3-2-4-20(11-17)33-14-16-6-9-18(26)10-7-16/h2-13H,14H2,1H3,(H,28,30,32)/b21-12-. The molecule has 1 N–H and O–H groups in total. The second-order valence-electron chi connectivity index (χ2n) is 7.38. The number of amides is 4. The minimum atomic E-state index is -0.826. The lowest BCUT2D eigenvalue weighted by Crippen LogP contribution is -2.54. The first-order valence-electron chi connectivity index (χ1n) is 9.97. The number of halogens is 2. The van der Waals surface area contributed by atoms with Gasteiger partial charge in [0, 0.05) is 10.0 Å². The zero-order valence-corrected chi connectivity index (χ0v) is 19.0. The molecule has 0 radical (unpaired) electrons. The largest absolute Gasteiger partial charge is 0.489 e. The number of aryl methyl sites for hydroxylation is 1. The lowest BCUT2D eigenvalue weighted by Gasteiger charge is -2.27. The van der Waals surface area contributed by atoms with Crippen molar-refractivity contribution in [1.82, 2.24) is 5.32 Å². The number of hydrogen-bond acceptors (Lipinski definition) is 4. The highest BCUT2D eigenvalue weighted by atomic mass is 35.5. The van der Waals surface area contributed by atoms with Crippen LogP contribution in [0.25, 0.3) is 6.08 Å². The Bertz CT molecular complexity index is 1290. The number of anilines is 1. The highest BCUT2D eigenvalue weighted by molar-refractivity contribution is 6.39. The van der Waals surface area contributed by atoms with Crippen LogP contribution in [-0.4, -0.2) is 17.8 Å². The van der Waals surface area contributed by atoms with Crippen molar-refractivity contribution in [2.45, 2.75) is 13.5 Å². The normalized spacial score (nSPS) is 15.1. The average Bonchev–Trinajstić information content (AvgIpc) is 2.79. The summed E-state index contributed by atoms with van der Waals surface area (Å²) in [6.07, 6.45) is 1.42. The molecular weight excluding hydrogens is 463 g/mol. The van der Waals surface area contributed by atoms with E-state index in [0.717, 1.165) is 10.5 Å². The van der Waals surface area contributed by atoms with Crippen molar-refractivity contribution in [2.75, 3.05) is 4.90 Å². The monoisotopic (exact) mass is 480 g/mol. The van der Waals surface area contributed by atoms with Crippen LogP contribution >= 0.6 is 23.2 Å². The number of nitrogens with zero attached hydrogens (tertiary/aromatic N) is 1. The molecule has 0 atom stereocenters. The van der Waals surface area contributed by atoms with E-state index < -0.39 is 17.8 Å². The molecule has 4 amide bonds. The second-order valence-corrected chi connectivity index (χ2v) is 8.25. The maximum atomic E-state index is 13.1. The first-order chi connectivity index (χ1) is 15.8. The van der Waals surface area contributed by atoms with E-state index in [4.69, 9.17) is 27.9 Å². The van der Waals surface area contributed by atoms with Crippen LogP contribution in [0.5, 0.6) is 5.75 Å². The molecule has 0 unspecified atom stereocenters. The molecule has 0 spiro atoms. The van der Waals surface area contributed by atoms with Crippen molar-refractivity contribution < 1.29 is 19.1 Å². The SMILES string of the molecule is Cc1ccc(Cl)cc1N1C(=O)NC(=O)/C(=C/c2cccc(OCc3ccc(Cl)cc3)c2)C1=O. The minimum absolute atomic E-state index is 0.177. The zero-order chi connectivity index (χ0) is 23.5. The third-order valence-corrected chi connectivity index (χ3v) is 5.49. The molecule has 8 heteroatoms. The van der Waals surface area contributed by atoms with Gasteiger partial charge >= 0.3 is 6.03 Å². The Balaban J connectivity index is 1.59. The van der Waals surface area contributed by atoms with E-state index in [9.17, 15) is 14.4 Å². The van der Waals surface area contributed by atoms with Gasteiger partial charge in [-0.25, -0.2) is 9.69 Å². The summed E-state index contributed by atoms with van der Waals surface area (Å²) in [6.45, 7) is 2.07. The summed E-state index contributed by atoms with van der Waals surface area (Å²) in [5.74, 6) is -0.948. The second kappa shape index (κ2) is 9.48. The topological polar surface area (TPSA) is 75.7 Å². The smallest absolute Gasteiger partial charge is 0.335 e. The molecule has 3 aromatic carbocycles. The highest BCUT2D eigenvalue weighted by Gasteiger charge is 2.37. The number of rotatable bonds is 5. The van der Waals surface area contributed by atoms with Gasteiger partial charge in [0.05, 0.1) is 5.69 Å². The number of barbiturate groups is 1. The summed E-state index contributed by atoms with van der Waals surface area (Å²) in [5.41, 5.74) is 2.30. The van der Waals surface area contributed by atoms with Crippen molar-refractivity contribution in [3.8, 4) is 5.75 Å². The molecule has 0 aliphatic carbocycles. The molecule has 6 nitrogen and oxygen atoms in total. The Kier molecular flexibility index (Phi) is 6.49. The summed E-state index contributed by atoms with van der Waals surface area (Å²) in [4.78, 5) is 38.9. The Labute approximate surface area is 200 Å². The van der Waals surface area contributed by atoms with Crippen LogP contribution in [0.3, 0.4) is 0 Å². The molecule has 1 aliphatic rings. The predicted molar refractivity (Wildman–Crippen MR) is 127 cm³/mol. The van der Waals surface area contributed by atoms with Gasteiger partial charge in [-0.2, -0.15) is 0 Å². The van der Waals surface area contributed by atoms with Crippen molar-refractivity contribution in [1.29, 1.82) is 0 Å². The summed E-state index contributed by atoms with van der Waals surface area (Å²) < 4.78 is 5.81. The number of benzene rings is 3. The van der Waals surface area contributed by atoms with Gasteiger partial charge < -0.3 is 4.74 Å². The lowest BCUT2D eigenvalue weighted by molar-refractivity contribution is -0.122. The van der Waals surface area contributed by atoms with Gasteiger partial charge in [-0.15, -0.1) is 0 Å². The van der Waals surface area contributed by atoms with E-state index in [1.165, 1.54) is 12.1 Å². The average molecular weight is 481 g/mol. The molecule has 0 aromatic heterocycles. The van der Waals surface area contributed by atoms with Crippen molar-refractivity contribution in [3.05, 3.63) is 99.0 Å². The zero-order valence-electron chi connectivity index (χ0n) is 17.5. The number of urea groups is 1. The van der Waals surface area contributed by atoms with Gasteiger partial charge in [0.15, 0.2) is 0 Å². The van der Waals surface area contributed by atoms with Gasteiger partial charge in [0.1, 0.15) is 17.9 Å². The molecule has 0 saturated carbocycles. The van der Waals surface area contributed by atoms with Gasteiger partial charge in [0.25, 0.3) is 11.8 Å². The van der Waals surface area contributed by atoms with Crippen LogP contribution in [0.2, 0.25) is 10.0 Å².